The average molecular weight is 470 g/mol. The van der Waals surface area contributed by atoms with E-state index < -0.39 is 0 Å². The van der Waals surface area contributed by atoms with Gasteiger partial charge in [-0.2, -0.15) is 0 Å². The van der Waals surface area contributed by atoms with E-state index in [1.165, 1.54) is 17.3 Å². The lowest BCUT2D eigenvalue weighted by atomic mass is 9.95. The molecule has 0 radical (unpaired) electrons. The van der Waals surface area contributed by atoms with Crippen molar-refractivity contribution in [1.29, 1.82) is 0 Å². The van der Waals surface area contributed by atoms with Gasteiger partial charge in [0.05, 0.1) is 0 Å². The molecule has 166 valence electrons. The van der Waals surface area contributed by atoms with Gasteiger partial charge in [0.25, 0.3) is 0 Å². The summed E-state index contributed by atoms with van der Waals surface area (Å²) in [6.45, 7) is 6.66. The summed E-state index contributed by atoms with van der Waals surface area (Å²) >= 11 is 7.43. The Morgan fingerprint density at radius 1 is 1.16 bits per heavy atom. The van der Waals surface area contributed by atoms with Crippen LogP contribution in [0, 0.1) is 6.92 Å². The van der Waals surface area contributed by atoms with Crippen molar-refractivity contribution >= 4 is 34.3 Å². The normalized spacial score (nSPS) is 11.4. The molecule has 0 atom stereocenters. The van der Waals surface area contributed by atoms with Crippen molar-refractivity contribution in [3.8, 4) is 5.75 Å². The highest BCUT2D eigenvalue weighted by molar-refractivity contribution is 7.98. The van der Waals surface area contributed by atoms with Gasteiger partial charge in [0.1, 0.15) is 17.9 Å². The van der Waals surface area contributed by atoms with Crippen LogP contribution in [0.25, 0.3) is 11.0 Å². The molecule has 4 rings (SSSR count). The number of halogens is 1. The van der Waals surface area contributed by atoms with Gasteiger partial charge < -0.3 is 13.7 Å². The standard InChI is InChI=1S/C24H24ClN3O3S/c1-14(2)19-11-20-16(10-23(29)31-21(20)9-15(19)3)13-32-24-27-26-22(28(24)4)12-30-18-7-5-17(25)6-8-18/h5-11,14H,12-13H2,1-4H3. The van der Waals surface area contributed by atoms with E-state index in [-0.39, 0.29) is 5.63 Å². The molecule has 6 nitrogen and oxygen atoms in total. The summed E-state index contributed by atoms with van der Waals surface area (Å²) in [5.41, 5.74) is 3.56. The second kappa shape index (κ2) is 9.38. The molecule has 2 heterocycles. The molecule has 0 aliphatic heterocycles. The number of fused-ring (bicyclic) bond motifs is 1. The fourth-order valence-electron chi connectivity index (χ4n) is 3.55. The van der Waals surface area contributed by atoms with Crippen molar-refractivity contribution in [2.24, 2.45) is 7.05 Å². The molecule has 0 amide bonds. The zero-order valence-corrected chi connectivity index (χ0v) is 20.0. The molecule has 0 unspecified atom stereocenters. The zero-order chi connectivity index (χ0) is 22.8. The first kappa shape index (κ1) is 22.4. The summed E-state index contributed by atoms with van der Waals surface area (Å²) in [7, 11) is 1.90. The second-order valence-corrected chi connectivity index (χ2v) is 9.32. The molecule has 2 aromatic heterocycles. The fraction of sp³-hybridized carbons (Fsp3) is 0.292. The third kappa shape index (κ3) is 4.84. The van der Waals surface area contributed by atoms with Gasteiger partial charge in [0, 0.05) is 29.3 Å². The Bertz CT molecular complexity index is 1310. The van der Waals surface area contributed by atoms with Crippen molar-refractivity contribution in [3.63, 3.8) is 0 Å². The molecule has 0 saturated heterocycles. The van der Waals surface area contributed by atoms with Gasteiger partial charge in [-0.3, -0.25) is 0 Å². The van der Waals surface area contributed by atoms with Gasteiger partial charge >= 0.3 is 5.63 Å². The number of benzene rings is 2. The molecule has 2 aromatic carbocycles. The molecule has 0 saturated carbocycles. The van der Waals surface area contributed by atoms with Crippen molar-refractivity contribution in [3.05, 3.63) is 80.4 Å². The first-order valence-corrected chi connectivity index (χ1v) is 11.6. The number of aromatic nitrogens is 3. The summed E-state index contributed by atoms with van der Waals surface area (Å²) in [5, 5.41) is 10.9. The third-order valence-corrected chi connectivity index (χ3v) is 6.62. The minimum atomic E-state index is -0.347. The van der Waals surface area contributed by atoms with Gasteiger partial charge in [0.2, 0.25) is 0 Å². The van der Waals surface area contributed by atoms with Crippen LogP contribution >= 0.6 is 23.4 Å². The van der Waals surface area contributed by atoms with Gasteiger partial charge in [-0.1, -0.05) is 37.2 Å². The van der Waals surface area contributed by atoms with Crippen LogP contribution < -0.4 is 10.4 Å². The van der Waals surface area contributed by atoms with E-state index in [1.54, 1.807) is 18.2 Å². The van der Waals surface area contributed by atoms with Crippen LogP contribution in [-0.4, -0.2) is 14.8 Å². The van der Waals surface area contributed by atoms with E-state index in [0.29, 0.717) is 40.5 Å². The van der Waals surface area contributed by atoms with E-state index >= 15 is 0 Å². The van der Waals surface area contributed by atoms with Crippen LogP contribution in [0.4, 0.5) is 0 Å². The minimum absolute atomic E-state index is 0.292. The number of nitrogens with zero attached hydrogens (tertiary/aromatic N) is 3. The van der Waals surface area contributed by atoms with Gasteiger partial charge in [0.15, 0.2) is 11.0 Å². The van der Waals surface area contributed by atoms with E-state index in [2.05, 4.69) is 30.1 Å². The number of rotatable bonds is 7. The van der Waals surface area contributed by atoms with E-state index in [1.807, 2.05) is 36.7 Å². The van der Waals surface area contributed by atoms with Gasteiger partial charge in [-0.05, 0) is 65.9 Å². The average Bonchev–Trinajstić information content (AvgIpc) is 3.10. The molecule has 0 aliphatic carbocycles. The van der Waals surface area contributed by atoms with Crippen LogP contribution in [0.5, 0.6) is 5.75 Å². The van der Waals surface area contributed by atoms with Gasteiger partial charge in [-0.25, -0.2) is 4.79 Å². The molecule has 8 heteroatoms. The number of ether oxygens (including phenoxy) is 1. The SMILES string of the molecule is Cc1cc2oc(=O)cc(CSc3nnc(COc4ccc(Cl)cc4)n3C)c2cc1C(C)C. The lowest BCUT2D eigenvalue weighted by Gasteiger charge is -2.13. The smallest absolute Gasteiger partial charge is 0.336 e. The van der Waals surface area contributed by atoms with Crippen molar-refractivity contribution in [2.75, 3.05) is 0 Å². The quantitative estimate of drug-likeness (QED) is 0.249. The Hall–Kier alpha value is -2.77. The third-order valence-electron chi connectivity index (χ3n) is 5.30. The Kier molecular flexibility index (Phi) is 6.58. The first-order chi connectivity index (χ1) is 15.3. The van der Waals surface area contributed by atoms with Gasteiger partial charge in [-0.15, -0.1) is 10.2 Å². The molecule has 0 aliphatic rings. The minimum Gasteiger partial charge on any atom is -0.486 e. The lowest BCUT2D eigenvalue weighted by Crippen LogP contribution is -2.05. The van der Waals surface area contributed by atoms with Crippen LogP contribution in [-0.2, 0) is 19.4 Å². The first-order valence-electron chi connectivity index (χ1n) is 10.3. The van der Waals surface area contributed by atoms with Crippen molar-refractivity contribution in [1.82, 2.24) is 14.8 Å². The molecule has 0 fully saturated rings. The fourth-order valence-corrected chi connectivity index (χ4v) is 4.60. The van der Waals surface area contributed by atoms with Crippen LogP contribution in [0.15, 0.2) is 56.8 Å². The summed E-state index contributed by atoms with van der Waals surface area (Å²) in [6, 6.07) is 12.8. The van der Waals surface area contributed by atoms with E-state index in [9.17, 15) is 4.79 Å². The van der Waals surface area contributed by atoms with Crippen LogP contribution in [0.2, 0.25) is 5.02 Å². The maximum atomic E-state index is 12.1. The summed E-state index contributed by atoms with van der Waals surface area (Å²) in [6.07, 6.45) is 0. The van der Waals surface area contributed by atoms with Crippen LogP contribution in [0.1, 0.15) is 42.3 Å². The summed E-state index contributed by atoms with van der Waals surface area (Å²) < 4.78 is 13.1. The molecule has 0 bridgehead atoms. The molecule has 4 aromatic rings. The largest absolute Gasteiger partial charge is 0.486 e. The Morgan fingerprint density at radius 3 is 2.62 bits per heavy atom. The predicted octanol–water partition coefficient (Wildman–Crippen LogP) is 5.88. The maximum absolute atomic E-state index is 12.1. The van der Waals surface area contributed by atoms with Crippen molar-refractivity contribution < 1.29 is 9.15 Å². The monoisotopic (exact) mass is 469 g/mol. The predicted molar refractivity (Wildman–Crippen MR) is 128 cm³/mol. The van der Waals surface area contributed by atoms with E-state index in [0.717, 1.165) is 21.7 Å². The Balaban J connectivity index is 1.53. The number of thioether (sulfide) groups is 1. The second-order valence-electron chi connectivity index (χ2n) is 7.94. The molecular weight excluding hydrogens is 446 g/mol. The molecule has 0 N–H and O–H groups in total. The summed E-state index contributed by atoms with van der Waals surface area (Å²) in [4.78, 5) is 12.1. The highest BCUT2D eigenvalue weighted by atomic mass is 35.5. The highest BCUT2D eigenvalue weighted by Crippen LogP contribution is 2.30. The number of hydrogen-bond donors (Lipinski definition) is 0. The lowest BCUT2D eigenvalue weighted by molar-refractivity contribution is 0.290. The molecule has 0 spiro atoms. The Morgan fingerprint density at radius 2 is 1.91 bits per heavy atom. The maximum Gasteiger partial charge on any atom is 0.336 e. The van der Waals surface area contributed by atoms with Crippen molar-refractivity contribution in [2.45, 2.75) is 44.2 Å². The zero-order valence-electron chi connectivity index (χ0n) is 18.4. The summed E-state index contributed by atoms with van der Waals surface area (Å²) in [5.74, 6) is 2.38. The Labute approximate surface area is 195 Å². The van der Waals surface area contributed by atoms with E-state index in [4.69, 9.17) is 20.8 Å². The topological polar surface area (TPSA) is 70.2 Å². The van der Waals surface area contributed by atoms with Crippen LogP contribution in [0.3, 0.4) is 0 Å². The number of aryl methyl sites for hydroxylation is 1. The molecule has 32 heavy (non-hydrogen) atoms. The number of hydrogen-bond acceptors (Lipinski definition) is 6. The molecular formula is C24H24ClN3O3S. The highest BCUT2D eigenvalue weighted by Gasteiger charge is 2.14.